The molecule has 0 spiro atoms. The standard InChI is InChI=1S/C18H18ClN5O3/c1-12-7-16(22-24(12)10-13-3-2-4-15(19)8-13)21-17(25)5-6-23-11-14(9-20-23)18(26)27/h2-4,7-9,11H,5-6,10H2,1H3,(H,26,27)(H,21,22,25). The van der Waals surface area contributed by atoms with Gasteiger partial charge in [-0.1, -0.05) is 23.7 Å². The van der Waals surface area contributed by atoms with Crippen molar-refractivity contribution in [3.8, 4) is 0 Å². The Balaban J connectivity index is 1.57. The van der Waals surface area contributed by atoms with Gasteiger partial charge in [-0.15, -0.1) is 0 Å². The van der Waals surface area contributed by atoms with E-state index in [0.29, 0.717) is 17.4 Å². The fraction of sp³-hybridized carbons (Fsp3) is 0.222. The van der Waals surface area contributed by atoms with Gasteiger partial charge in [0.25, 0.3) is 0 Å². The highest BCUT2D eigenvalue weighted by atomic mass is 35.5. The Morgan fingerprint density at radius 1 is 1.30 bits per heavy atom. The number of hydrogen-bond acceptors (Lipinski definition) is 4. The lowest BCUT2D eigenvalue weighted by molar-refractivity contribution is -0.116. The molecule has 1 aromatic carbocycles. The lowest BCUT2D eigenvalue weighted by atomic mass is 10.2. The third-order valence-electron chi connectivity index (χ3n) is 3.92. The number of nitrogens with one attached hydrogen (secondary N) is 1. The van der Waals surface area contributed by atoms with E-state index in [4.69, 9.17) is 16.7 Å². The first-order valence-corrected chi connectivity index (χ1v) is 8.63. The second kappa shape index (κ2) is 8.05. The summed E-state index contributed by atoms with van der Waals surface area (Å²) in [6, 6.07) is 9.31. The highest BCUT2D eigenvalue weighted by Crippen LogP contribution is 2.15. The van der Waals surface area contributed by atoms with E-state index in [0.717, 1.165) is 11.3 Å². The summed E-state index contributed by atoms with van der Waals surface area (Å²) < 4.78 is 3.21. The van der Waals surface area contributed by atoms with Crippen LogP contribution in [-0.2, 0) is 17.9 Å². The number of aromatic carboxylic acids is 1. The number of aromatic nitrogens is 4. The first-order valence-electron chi connectivity index (χ1n) is 8.25. The molecule has 3 aromatic rings. The summed E-state index contributed by atoms with van der Waals surface area (Å²) in [6.45, 7) is 2.74. The first-order chi connectivity index (χ1) is 12.9. The lowest BCUT2D eigenvalue weighted by Gasteiger charge is -2.05. The molecule has 3 rings (SSSR count). The van der Waals surface area contributed by atoms with Crippen molar-refractivity contribution in [1.29, 1.82) is 0 Å². The van der Waals surface area contributed by atoms with E-state index in [2.05, 4.69) is 15.5 Å². The number of carboxylic acids is 1. The van der Waals surface area contributed by atoms with Crippen molar-refractivity contribution in [2.45, 2.75) is 26.4 Å². The Morgan fingerprint density at radius 2 is 2.11 bits per heavy atom. The lowest BCUT2D eigenvalue weighted by Crippen LogP contribution is -2.15. The highest BCUT2D eigenvalue weighted by molar-refractivity contribution is 6.30. The van der Waals surface area contributed by atoms with Gasteiger partial charge in [0.1, 0.15) is 0 Å². The summed E-state index contributed by atoms with van der Waals surface area (Å²) in [6.07, 6.45) is 2.79. The van der Waals surface area contributed by atoms with E-state index in [9.17, 15) is 9.59 Å². The number of anilines is 1. The molecule has 2 aromatic heterocycles. The highest BCUT2D eigenvalue weighted by Gasteiger charge is 2.10. The molecule has 27 heavy (non-hydrogen) atoms. The smallest absolute Gasteiger partial charge is 0.338 e. The van der Waals surface area contributed by atoms with Crippen molar-refractivity contribution in [2.75, 3.05) is 5.32 Å². The monoisotopic (exact) mass is 387 g/mol. The third kappa shape index (κ3) is 4.95. The molecule has 140 valence electrons. The largest absolute Gasteiger partial charge is 0.478 e. The SMILES string of the molecule is Cc1cc(NC(=O)CCn2cc(C(=O)O)cn2)nn1Cc1cccc(Cl)c1. The molecule has 0 aliphatic rings. The molecule has 1 amide bonds. The molecule has 2 heterocycles. The molecule has 2 N–H and O–H groups in total. The maximum Gasteiger partial charge on any atom is 0.338 e. The number of carbonyl (C=O) groups excluding carboxylic acids is 1. The number of carbonyl (C=O) groups is 2. The van der Waals surface area contributed by atoms with Crippen molar-refractivity contribution in [3.05, 3.63) is 64.6 Å². The van der Waals surface area contributed by atoms with Crippen LogP contribution in [0.4, 0.5) is 5.82 Å². The van der Waals surface area contributed by atoms with E-state index in [1.165, 1.54) is 17.1 Å². The molecule has 0 saturated heterocycles. The number of benzene rings is 1. The molecular weight excluding hydrogens is 370 g/mol. The number of aryl methyl sites for hydroxylation is 2. The molecule has 0 fully saturated rings. The Hall–Kier alpha value is -3.13. The number of carboxylic acid groups (broad SMARTS) is 1. The minimum atomic E-state index is -1.05. The van der Waals surface area contributed by atoms with Crippen LogP contribution in [0, 0.1) is 6.92 Å². The van der Waals surface area contributed by atoms with Gasteiger partial charge in [-0.2, -0.15) is 10.2 Å². The van der Waals surface area contributed by atoms with Gasteiger partial charge in [-0.25, -0.2) is 4.79 Å². The maximum atomic E-state index is 12.1. The van der Waals surface area contributed by atoms with Gasteiger partial charge in [0.15, 0.2) is 5.82 Å². The number of halogens is 1. The van der Waals surface area contributed by atoms with Crippen LogP contribution < -0.4 is 5.32 Å². The Morgan fingerprint density at radius 3 is 2.81 bits per heavy atom. The van der Waals surface area contributed by atoms with Gasteiger partial charge in [0, 0.05) is 35.9 Å². The predicted octanol–water partition coefficient (Wildman–Crippen LogP) is 2.82. The molecule has 9 heteroatoms. The van der Waals surface area contributed by atoms with Gasteiger partial charge in [-0.3, -0.25) is 14.2 Å². The third-order valence-corrected chi connectivity index (χ3v) is 4.15. The number of nitrogens with zero attached hydrogens (tertiary/aromatic N) is 4. The molecule has 0 saturated carbocycles. The summed E-state index contributed by atoms with van der Waals surface area (Å²) in [4.78, 5) is 22.9. The molecule has 0 unspecified atom stereocenters. The van der Waals surface area contributed by atoms with Crippen LogP contribution in [0.1, 0.15) is 28.0 Å². The average molecular weight is 388 g/mol. The van der Waals surface area contributed by atoms with Crippen molar-refractivity contribution in [1.82, 2.24) is 19.6 Å². The quantitative estimate of drug-likeness (QED) is 0.649. The van der Waals surface area contributed by atoms with E-state index in [-0.39, 0.29) is 24.4 Å². The van der Waals surface area contributed by atoms with E-state index in [1.807, 2.05) is 31.2 Å². The first kappa shape index (κ1) is 18.7. The van der Waals surface area contributed by atoms with Crippen LogP contribution in [0.25, 0.3) is 0 Å². The van der Waals surface area contributed by atoms with E-state index >= 15 is 0 Å². The van der Waals surface area contributed by atoms with Crippen LogP contribution in [0.3, 0.4) is 0 Å². The second-order valence-electron chi connectivity index (χ2n) is 6.05. The second-order valence-corrected chi connectivity index (χ2v) is 6.49. The summed E-state index contributed by atoms with van der Waals surface area (Å²) in [5.41, 5.74) is 2.01. The number of amides is 1. The Labute approximate surface area is 160 Å². The van der Waals surface area contributed by atoms with Crippen LogP contribution in [0.5, 0.6) is 0 Å². The Bertz CT molecular complexity index is 979. The van der Waals surface area contributed by atoms with Crippen LogP contribution in [-0.4, -0.2) is 36.5 Å². The fourth-order valence-electron chi connectivity index (χ4n) is 2.56. The number of hydrogen-bond donors (Lipinski definition) is 2. The molecule has 8 nitrogen and oxygen atoms in total. The van der Waals surface area contributed by atoms with Gasteiger partial charge < -0.3 is 10.4 Å². The molecule has 0 bridgehead atoms. The number of rotatable bonds is 7. The van der Waals surface area contributed by atoms with Crippen LogP contribution in [0.2, 0.25) is 5.02 Å². The molecule has 0 aliphatic heterocycles. The average Bonchev–Trinajstić information content (AvgIpc) is 3.20. The van der Waals surface area contributed by atoms with Crippen molar-refractivity contribution in [3.63, 3.8) is 0 Å². The minimum absolute atomic E-state index is 0.0887. The van der Waals surface area contributed by atoms with Crippen LogP contribution in [0.15, 0.2) is 42.7 Å². The van der Waals surface area contributed by atoms with Crippen LogP contribution >= 0.6 is 11.6 Å². The fourth-order valence-corrected chi connectivity index (χ4v) is 2.77. The normalized spacial score (nSPS) is 10.7. The van der Waals surface area contributed by atoms with Gasteiger partial charge >= 0.3 is 5.97 Å². The topological polar surface area (TPSA) is 102 Å². The van der Waals surface area contributed by atoms with E-state index < -0.39 is 5.97 Å². The van der Waals surface area contributed by atoms with E-state index in [1.54, 1.807) is 10.7 Å². The van der Waals surface area contributed by atoms with Crippen molar-refractivity contribution >= 4 is 29.3 Å². The molecule has 0 aliphatic carbocycles. The molecular formula is C18H18ClN5O3. The zero-order valence-corrected chi connectivity index (χ0v) is 15.3. The Kier molecular flexibility index (Phi) is 5.56. The maximum absolute atomic E-state index is 12.1. The zero-order valence-electron chi connectivity index (χ0n) is 14.6. The summed E-state index contributed by atoms with van der Waals surface area (Å²) in [5, 5.41) is 20.6. The molecule has 0 radical (unpaired) electrons. The van der Waals surface area contributed by atoms with Crippen molar-refractivity contribution in [2.24, 2.45) is 0 Å². The minimum Gasteiger partial charge on any atom is -0.478 e. The zero-order chi connectivity index (χ0) is 19.4. The molecule has 0 atom stereocenters. The summed E-state index contributed by atoms with van der Waals surface area (Å²) in [7, 11) is 0. The van der Waals surface area contributed by atoms with Crippen molar-refractivity contribution < 1.29 is 14.7 Å². The summed E-state index contributed by atoms with van der Waals surface area (Å²) >= 11 is 6.00. The summed E-state index contributed by atoms with van der Waals surface area (Å²) in [5.74, 6) is -0.813. The van der Waals surface area contributed by atoms with Gasteiger partial charge in [-0.05, 0) is 24.6 Å². The van der Waals surface area contributed by atoms with Gasteiger partial charge in [0.05, 0.1) is 18.3 Å². The van der Waals surface area contributed by atoms with Gasteiger partial charge in [0.2, 0.25) is 5.91 Å². The predicted molar refractivity (Wildman–Crippen MR) is 100.0 cm³/mol.